The summed E-state index contributed by atoms with van der Waals surface area (Å²) in [6, 6.07) is 0.361. The Morgan fingerprint density at radius 2 is 2.05 bits per heavy atom. The Bertz CT molecular complexity index is 448. The fraction of sp³-hybridized carbons (Fsp3) is 0.917. The van der Waals surface area contributed by atoms with Crippen LogP contribution in [0.4, 0.5) is 0 Å². The Morgan fingerprint density at radius 1 is 1.40 bits per heavy atom. The summed E-state index contributed by atoms with van der Waals surface area (Å²) < 4.78 is 27.9. The first-order chi connectivity index (χ1) is 9.38. The zero-order valence-electron chi connectivity index (χ0n) is 11.8. The van der Waals surface area contributed by atoms with E-state index in [1.807, 2.05) is 0 Å². The number of rotatable bonds is 5. The largest absolute Gasteiger partial charge is 0.379 e. The van der Waals surface area contributed by atoms with Gasteiger partial charge in [0.2, 0.25) is 15.9 Å². The highest BCUT2D eigenvalue weighted by Gasteiger charge is 2.36. The van der Waals surface area contributed by atoms with Gasteiger partial charge in [0.15, 0.2) is 0 Å². The second kappa shape index (κ2) is 6.38. The predicted octanol–water partition coefficient (Wildman–Crippen LogP) is -1.01. The maximum Gasteiger partial charge on any atom is 0.224 e. The lowest BCUT2D eigenvalue weighted by atomic mass is 10.2. The summed E-state index contributed by atoms with van der Waals surface area (Å²) in [5.74, 6) is -0.113. The molecule has 2 unspecified atom stereocenters. The van der Waals surface area contributed by atoms with Crippen molar-refractivity contribution < 1.29 is 17.9 Å². The first kappa shape index (κ1) is 15.7. The van der Waals surface area contributed by atoms with Crippen molar-refractivity contribution in [1.29, 1.82) is 0 Å². The summed E-state index contributed by atoms with van der Waals surface area (Å²) in [4.78, 5) is 15.7. The molecule has 0 aromatic rings. The average molecular weight is 305 g/mol. The fourth-order valence-corrected chi connectivity index (χ4v) is 3.48. The first-order valence-electron chi connectivity index (χ1n) is 6.99. The second-order valence-electron chi connectivity index (χ2n) is 5.54. The van der Waals surface area contributed by atoms with Crippen LogP contribution in [0.5, 0.6) is 0 Å². The molecule has 0 spiro atoms. The standard InChI is InChI=1S/C12H23N3O4S/c1-10(14-4-6-19-7-5-14)2-3-15-9-11(8-12(15)16)20(13,17)18/h10-11H,2-9H2,1H3,(H2,13,17,18). The number of amides is 1. The molecule has 7 nitrogen and oxygen atoms in total. The molecule has 2 aliphatic heterocycles. The van der Waals surface area contributed by atoms with Gasteiger partial charge in [-0.3, -0.25) is 9.69 Å². The molecule has 0 aromatic heterocycles. The predicted molar refractivity (Wildman–Crippen MR) is 74.6 cm³/mol. The van der Waals surface area contributed by atoms with Crippen LogP contribution in [0.15, 0.2) is 0 Å². The van der Waals surface area contributed by atoms with Crippen molar-refractivity contribution in [3.05, 3.63) is 0 Å². The smallest absolute Gasteiger partial charge is 0.224 e. The van der Waals surface area contributed by atoms with E-state index in [1.54, 1.807) is 4.90 Å². The Balaban J connectivity index is 1.80. The maximum atomic E-state index is 11.8. The van der Waals surface area contributed by atoms with Crippen molar-refractivity contribution in [2.75, 3.05) is 39.4 Å². The van der Waals surface area contributed by atoms with Crippen LogP contribution in [0, 0.1) is 0 Å². The van der Waals surface area contributed by atoms with Gasteiger partial charge in [0, 0.05) is 38.6 Å². The number of hydrogen-bond donors (Lipinski definition) is 1. The van der Waals surface area contributed by atoms with E-state index in [1.165, 1.54) is 0 Å². The van der Waals surface area contributed by atoms with E-state index in [0.29, 0.717) is 12.6 Å². The molecule has 0 radical (unpaired) electrons. The molecule has 2 fully saturated rings. The summed E-state index contributed by atoms with van der Waals surface area (Å²) in [5, 5.41) is 4.37. The van der Waals surface area contributed by atoms with Crippen LogP contribution in [0.3, 0.4) is 0 Å². The molecule has 0 bridgehead atoms. The van der Waals surface area contributed by atoms with Gasteiger partial charge in [-0.1, -0.05) is 0 Å². The molecule has 2 N–H and O–H groups in total. The Hall–Kier alpha value is -0.700. The van der Waals surface area contributed by atoms with E-state index in [0.717, 1.165) is 32.7 Å². The molecule has 2 rings (SSSR count). The fourth-order valence-electron chi connectivity index (χ4n) is 2.72. The van der Waals surface area contributed by atoms with Gasteiger partial charge in [-0.15, -0.1) is 0 Å². The Kier molecular flexibility index (Phi) is 5.00. The minimum Gasteiger partial charge on any atom is -0.379 e. The third-order valence-corrected chi connectivity index (χ3v) is 5.37. The number of sulfonamides is 1. The number of morpholine rings is 1. The number of primary sulfonamides is 1. The molecule has 2 aliphatic rings. The minimum atomic E-state index is -3.62. The topological polar surface area (TPSA) is 92.9 Å². The van der Waals surface area contributed by atoms with Crippen molar-refractivity contribution in [3.63, 3.8) is 0 Å². The molecule has 0 aliphatic carbocycles. The van der Waals surface area contributed by atoms with Crippen LogP contribution < -0.4 is 5.14 Å². The lowest BCUT2D eigenvalue weighted by Gasteiger charge is -2.33. The van der Waals surface area contributed by atoms with Gasteiger partial charge in [0.25, 0.3) is 0 Å². The van der Waals surface area contributed by atoms with Gasteiger partial charge >= 0.3 is 0 Å². The Morgan fingerprint density at radius 3 is 2.60 bits per heavy atom. The van der Waals surface area contributed by atoms with Crippen LogP contribution in [0.25, 0.3) is 0 Å². The molecule has 2 atom stereocenters. The molecular formula is C12H23N3O4S. The maximum absolute atomic E-state index is 11.8. The number of nitrogens with two attached hydrogens (primary N) is 1. The van der Waals surface area contributed by atoms with Crippen molar-refractivity contribution >= 4 is 15.9 Å². The van der Waals surface area contributed by atoms with E-state index < -0.39 is 15.3 Å². The van der Waals surface area contributed by atoms with Crippen LogP contribution in [-0.4, -0.2) is 74.8 Å². The molecule has 0 aromatic carbocycles. The molecule has 2 heterocycles. The van der Waals surface area contributed by atoms with Crippen LogP contribution in [0.1, 0.15) is 19.8 Å². The van der Waals surface area contributed by atoms with E-state index in [-0.39, 0.29) is 18.9 Å². The summed E-state index contributed by atoms with van der Waals surface area (Å²) >= 11 is 0. The quantitative estimate of drug-likeness (QED) is 0.702. The van der Waals surface area contributed by atoms with Crippen molar-refractivity contribution in [2.24, 2.45) is 5.14 Å². The van der Waals surface area contributed by atoms with Crippen LogP contribution in [0.2, 0.25) is 0 Å². The zero-order valence-corrected chi connectivity index (χ0v) is 12.6. The lowest BCUT2D eigenvalue weighted by Crippen LogP contribution is -2.43. The monoisotopic (exact) mass is 305 g/mol. The first-order valence-corrected chi connectivity index (χ1v) is 8.60. The SMILES string of the molecule is CC(CCN1CC(S(N)(=O)=O)CC1=O)N1CCOCC1. The second-order valence-corrected chi connectivity index (χ2v) is 7.39. The number of ether oxygens (including phenoxy) is 1. The molecule has 116 valence electrons. The van der Waals surface area contributed by atoms with Crippen molar-refractivity contribution in [2.45, 2.75) is 31.1 Å². The molecule has 2 saturated heterocycles. The molecule has 20 heavy (non-hydrogen) atoms. The zero-order chi connectivity index (χ0) is 14.8. The highest BCUT2D eigenvalue weighted by atomic mass is 32.2. The number of likely N-dealkylation sites (tertiary alicyclic amines) is 1. The molecule has 0 saturated carbocycles. The van der Waals surface area contributed by atoms with Gasteiger partial charge in [0.05, 0.1) is 13.2 Å². The molecular weight excluding hydrogens is 282 g/mol. The van der Waals surface area contributed by atoms with Gasteiger partial charge < -0.3 is 9.64 Å². The normalized spacial score (nSPS) is 27.0. The van der Waals surface area contributed by atoms with Crippen LogP contribution in [-0.2, 0) is 19.6 Å². The van der Waals surface area contributed by atoms with Crippen LogP contribution >= 0.6 is 0 Å². The third kappa shape index (κ3) is 3.91. The highest BCUT2D eigenvalue weighted by molar-refractivity contribution is 7.89. The number of hydrogen-bond acceptors (Lipinski definition) is 5. The highest BCUT2D eigenvalue weighted by Crippen LogP contribution is 2.18. The summed E-state index contributed by atoms with van der Waals surface area (Å²) in [5.41, 5.74) is 0. The minimum absolute atomic E-state index is 0.0186. The molecule has 8 heteroatoms. The summed E-state index contributed by atoms with van der Waals surface area (Å²) in [7, 11) is -3.62. The number of nitrogens with zero attached hydrogens (tertiary/aromatic N) is 2. The Labute approximate surface area is 120 Å². The van der Waals surface area contributed by atoms with Gasteiger partial charge in [-0.25, -0.2) is 13.6 Å². The average Bonchev–Trinajstić information content (AvgIpc) is 2.78. The van der Waals surface area contributed by atoms with Gasteiger partial charge in [-0.2, -0.15) is 0 Å². The van der Waals surface area contributed by atoms with Gasteiger partial charge in [-0.05, 0) is 13.3 Å². The van der Waals surface area contributed by atoms with Crippen molar-refractivity contribution in [3.8, 4) is 0 Å². The third-order valence-electron chi connectivity index (χ3n) is 4.13. The summed E-state index contributed by atoms with van der Waals surface area (Å²) in [6.45, 7) is 6.27. The van der Waals surface area contributed by atoms with E-state index in [4.69, 9.17) is 9.88 Å². The lowest BCUT2D eigenvalue weighted by molar-refractivity contribution is -0.127. The van der Waals surface area contributed by atoms with Gasteiger partial charge in [0.1, 0.15) is 5.25 Å². The summed E-state index contributed by atoms with van der Waals surface area (Å²) in [6.07, 6.45) is 0.855. The molecule has 1 amide bonds. The van der Waals surface area contributed by atoms with Crippen molar-refractivity contribution in [1.82, 2.24) is 9.80 Å². The van der Waals surface area contributed by atoms with E-state index >= 15 is 0 Å². The van der Waals surface area contributed by atoms with E-state index in [2.05, 4.69) is 11.8 Å². The number of carbonyl (C=O) groups excluding carboxylic acids is 1. The number of carbonyl (C=O) groups is 1. The van der Waals surface area contributed by atoms with E-state index in [9.17, 15) is 13.2 Å².